The van der Waals surface area contributed by atoms with Crippen molar-refractivity contribution in [3.63, 3.8) is 0 Å². The van der Waals surface area contributed by atoms with Crippen LogP contribution in [0.4, 0.5) is 4.39 Å². The maximum Gasteiger partial charge on any atom is 0.202 e. The molecule has 5 nitrogen and oxygen atoms in total. The van der Waals surface area contributed by atoms with E-state index in [4.69, 9.17) is 9.26 Å². The second-order valence-electron chi connectivity index (χ2n) is 6.57. The summed E-state index contributed by atoms with van der Waals surface area (Å²) in [7, 11) is 0. The number of carbonyl (C=O) groups excluding carboxylic acids is 1. The van der Waals surface area contributed by atoms with Crippen molar-refractivity contribution >= 4 is 16.8 Å². The Labute approximate surface area is 134 Å². The van der Waals surface area contributed by atoms with E-state index in [1.54, 1.807) is 12.1 Å². The van der Waals surface area contributed by atoms with Crippen LogP contribution in [0.15, 0.2) is 22.7 Å². The molecule has 1 aliphatic rings. The SMILES string of the molecule is CC(C)(CC(=O)C1CCNCCO1)c1noc2c(F)cccc12. The van der Waals surface area contributed by atoms with Gasteiger partial charge in [-0.3, -0.25) is 4.79 Å². The van der Waals surface area contributed by atoms with Crippen LogP contribution in [0.1, 0.15) is 32.4 Å². The number of aromatic nitrogens is 1. The molecule has 1 atom stereocenters. The fourth-order valence-corrected chi connectivity index (χ4v) is 3.02. The molecule has 1 unspecified atom stereocenters. The molecule has 1 saturated heterocycles. The lowest BCUT2D eigenvalue weighted by Crippen LogP contribution is -2.31. The van der Waals surface area contributed by atoms with E-state index in [1.807, 2.05) is 13.8 Å². The number of halogens is 1. The first-order valence-electron chi connectivity index (χ1n) is 7.88. The van der Waals surface area contributed by atoms with Crippen molar-refractivity contribution in [3.8, 4) is 0 Å². The van der Waals surface area contributed by atoms with Gasteiger partial charge in [-0.15, -0.1) is 0 Å². The molecule has 0 amide bonds. The highest BCUT2D eigenvalue weighted by molar-refractivity contribution is 5.86. The monoisotopic (exact) mass is 320 g/mol. The molecule has 23 heavy (non-hydrogen) atoms. The van der Waals surface area contributed by atoms with Crippen LogP contribution in [0.3, 0.4) is 0 Å². The van der Waals surface area contributed by atoms with Crippen molar-refractivity contribution in [3.05, 3.63) is 29.7 Å². The third kappa shape index (κ3) is 3.28. The molecule has 1 aromatic carbocycles. The number of para-hydroxylation sites is 1. The van der Waals surface area contributed by atoms with Gasteiger partial charge >= 0.3 is 0 Å². The number of hydrogen-bond donors (Lipinski definition) is 1. The third-order valence-electron chi connectivity index (χ3n) is 4.25. The Balaban J connectivity index is 1.82. The third-order valence-corrected chi connectivity index (χ3v) is 4.25. The normalized spacial score (nSPS) is 19.7. The maximum absolute atomic E-state index is 13.8. The highest BCUT2D eigenvalue weighted by Gasteiger charge is 2.33. The Hall–Kier alpha value is -1.79. The van der Waals surface area contributed by atoms with Crippen molar-refractivity contribution < 1.29 is 18.4 Å². The van der Waals surface area contributed by atoms with Gasteiger partial charge in [0.05, 0.1) is 12.3 Å². The zero-order valence-corrected chi connectivity index (χ0v) is 13.4. The van der Waals surface area contributed by atoms with Gasteiger partial charge in [0, 0.05) is 23.8 Å². The summed E-state index contributed by atoms with van der Waals surface area (Å²) in [6.45, 7) is 5.91. The van der Waals surface area contributed by atoms with Crippen LogP contribution >= 0.6 is 0 Å². The lowest BCUT2D eigenvalue weighted by Gasteiger charge is -2.24. The van der Waals surface area contributed by atoms with Gasteiger partial charge in [0.1, 0.15) is 6.10 Å². The average Bonchev–Trinajstić information content (AvgIpc) is 2.77. The number of rotatable bonds is 4. The van der Waals surface area contributed by atoms with Crippen LogP contribution < -0.4 is 5.32 Å². The van der Waals surface area contributed by atoms with E-state index in [-0.39, 0.29) is 23.9 Å². The highest BCUT2D eigenvalue weighted by Crippen LogP contribution is 2.34. The molecular formula is C17H21FN2O3. The van der Waals surface area contributed by atoms with Gasteiger partial charge in [-0.25, -0.2) is 4.39 Å². The summed E-state index contributed by atoms with van der Waals surface area (Å²) >= 11 is 0. The topological polar surface area (TPSA) is 64.4 Å². The molecule has 1 N–H and O–H groups in total. The summed E-state index contributed by atoms with van der Waals surface area (Å²) in [6.07, 6.45) is 0.554. The van der Waals surface area contributed by atoms with Crippen molar-refractivity contribution in [2.24, 2.45) is 0 Å². The number of Topliss-reactive ketones (excluding diaryl/α,β-unsaturated/α-hetero) is 1. The van der Waals surface area contributed by atoms with Crippen LogP contribution in [0.25, 0.3) is 11.0 Å². The fourth-order valence-electron chi connectivity index (χ4n) is 3.02. The van der Waals surface area contributed by atoms with E-state index in [2.05, 4.69) is 10.5 Å². The largest absolute Gasteiger partial charge is 0.369 e. The first kappa shape index (κ1) is 16.1. The van der Waals surface area contributed by atoms with E-state index in [0.29, 0.717) is 24.1 Å². The van der Waals surface area contributed by atoms with Crippen molar-refractivity contribution in [2.45, 2.75) is 38.2 Å². The number of nitrogens with one attached hydrogen (secondary N) is 1. The predicted molar refractivity (Wildman–Crippen MR) is 83.8 cm³/mol. The van der Waals surface area contributed by atoms with E-state index in [9.17, 15) is 9.18 Å². The predicted octanol–water partition coefficient (Wildman–Crippen LogP) is 2.58. The number of ketones is 1. The minimum absolute atomic E-state index is 0.0475. The molecule has 0 aliphatic carbocycles. The van der Waals surface area contributed by atoms with Gasteiger partial charge in [0.2, 0.25) is 5.58 Å². The first-order valence-corrected chi connectivity index (χ1v) is 7.88. The molecular weight excluding hydrogens is 299 g/mol. The first-order chi connectivity index (χ1) is 11.0. The zero-order chi connectivity index (χ0) is 16.4. The number of carbonyl (C=O) groups is 1. The number of hydrogen-bond acceptors (Lipinski definition) is 5. The summed E-state index contributed by atoms with van der Waals surface area (Å²) in [5.41, 5.74) is 0.184. The average molecular weight is 320 g/mol. The summed E-state index contributed by atoms with van der Waals surface area (Å²) in [5, 5.41) is 7.85. The van der Waals surface area contributed by atoms with Gasteiger partial charge in [-0.2, -0.15) is 0 Å². The molecule has 1 aromatic heterocycles. The van der Waals surface area contributed by atoms with E-state index < -0.39 is 11.2 Å². The standard InChI is InChI=1S/C17H21FN2O3/c1-17(2,10-13(21)14-6-7-19-8-9-22-14)16-11-4-3-5-12(18)15(11)23-20-16/h3-5,14,19H,6-10H2,1-2H3. The highest BCUT2D eigenvalue weighted by atomic mass is 19.1. The Morgan fingerprint density at radius 2 is 2.26 bits per heavy atom. The Morgan fingerprint density at radius 3 is 3.09 bits per heavy atom. The van der Waals surface area contributed by atoms with Gasteiger partial charge in [-0.1, -0.05) is 25.1 Å². The van der Waals surface area contributed by atoms with E-state index in [0.717, 1.165) is 13.1 Å². The molecule has 0 bridgehead atoms. The van der Waals surface area contributed by atoms with Crippen LogP contribution in [0.2, 0.25) is 0 Å². The number of benzene rings is 1. The van der Waals surface area contributed by atoms with Crippen LogP contribution in [-0.2, 0) is 14.9 Å². The molecule has 6 heteroatoms. The maximum atomic E-state index is 13.8. The fraction of sp³-hybridized carbons (Fsp3) is 0.529. The minimum Gasteiger partial charge on any atom is -0.369 e. The van der Waals surface area contributed by atoms with Crippen LogP contribution in [-0.4, -0.2) is 36.7 Å². The summed E-state index contributed by atoms with van der Waals surface area (Å²) in [4.78, 5) is 12.6. The second-order valence-corrected chi connectivity index (χ2v) is 6.57. The molecule has 3 rings (SSSR count). The van der Waals surface area contributed by atoms with Gasteiger partial charge < -0.3 is 14.6 Å². The smallest absolute Gasteiger partial charge is 0.202 e. The Morgan fingerprint density at radius 1 is 1.43 bits per heavy atom. The summed E-state index contributed by atoms with van der Waals surface area (Å²) in [5.74, 6) is -0.396. The molecule has 1 fully saturated rings. The second kappa shape index (κ2) is 6.37. The van der Waals surface area contributed by atoms with E-state index >= 15 is 0 Å². The molecule has 1 aliphatic heterocycles. The van der Waals surface area contributed by atoms with Crippen molar-refractivity contribution in [1.82, 2.24) is 10.5 Å². The molecule has 2 aromatic rings. The molecule has 2 heterocycles. The molecule has 0 spiro atoms. The number of nitrogens with zero attached hydrogens (tertiary/aromatic N) is 1. The lowest BCUT2D eigenvalue weighted by atomic mass is 9.81. The minimum atomic E-state index is -0.556. The van der Waals surface area contributed by atoms with Crippen LogP contribution in [0.5, 0.6) is 0 Å². The van der Waals surface area contributed by atoms with Crippen molar-refractivity contribution in [2.75, 3.05) is 19.7 Å². The summed E-state index contributed by atoms with van der Waals surface area (Å²) < 4.78 is 24.5. The molecule has 0 radical (unpaired) electrons. The zero-order valence-electron chi connectivity index (χ0n) is 13.4. The molecule has 0 saturated carbocycles. The van der Waals surface area contributed by atoms with Gasteiger partial charge in [0.25, 0.3) is 0 Å². The molecule has 124 valence electrons. The van der Waals surface area contributed by atoms with Crippen molar-refractivity contribution in [1.29, 1.82) is 0 Å². The Bertz CT molecular complexity index is 703. The van der Waals surface area contributed by atoms with E-state index in [1.165, 1.54) is 6.07 Å². The number of fused-ring (bicyclic) bond motifs is 1. The van der Waals surface area contributed by atoms with Gasteiger partial charge in [-0.05, 0) is 25.1 Å². The lowest BCUT2D eigenvalue weighted by molar-refractivity contribution is -0.131. The van der Waals surface area contributed by atoms with Gasteiger partial charge in [0.15, 0.2) is 11.6 Å². The quantitative estimate of drug-likeness (QED) is 0.938. The number of ether oxygens (including phenoxy) is 1. The Kier molecular flexibility index (Phi) is 4.46. The summed E-state index contributed by atoms with van der Waals surface area (Å²) in [6, 6.07) is 4.72. The van der Waals surface area contributed by atoms with Crippen LogP contribution in [0, 0.1) is 5.82 Å².